The maximum absolute atomic E-state index is 11.9. The van der Waals surface area contributed by atoms with Crippen molar-refractivity contribution in [2.75, 3.05) is 4.72 Å². The smallest absolute Gasteiger partial charge is 0.263 e. The SMILES string of the molecule is O=S(=O)(Nc1cn[nH]c1)c1cnc(Cl)c(Cl)c1. The molecule has 0 saturated carbocycles. The minimum Gasteiger partial charge on any atom is -0.284 e. The van der Waals surface area contributed by atoms with Gasteiger partial charge < -0.3 is 0 Å². The molecular weight excluding hydrogens is 287 g/mol. The van der Waals surface area contributed by atoms with E-state index in [9.17, 15) is 8.42 Å². The maximum atomic E-state index is 11.9. The number of halogens is 2. The van der Waals surface area contributed by atoms with E-state index in [-0.39, 0.29) is 15.1 Å². The third kappa shape index (κ3) is 2.68. The Bertz CT molecular complexity index is 627. The van der Waals surface area contributed by atoms with E-state index in [4.69, 9.17) is 23.2 Å². The van der Waals surface area contributed by atoms with Gasteiger partial charge in [-0.05, 0) is 6.07 Å². The number of rotatable bonds is 3. The van der Waals surface area contributed by atoms with E-state index in [0.717, 1.165) is 6.20 Å². The highest BCUT2D eigenvalue weighted by molar-refractivity contribution is 7.92. The van der Waals surface area contributed by atoms with Crippen LogP contribution in [-0.4, -0.2) is 23.6 Å². The third-order valence-electron chi connectivity index (χ3n) is 1.83. The molecule has 2 N–H and O–H groups in total. The Labute approximate surface area is 107 Å². The summed E-state index contributed by atoms with van der Waals surface area (Å²) in [4.78, 5) is 3.59. The predicted octanol–water partition coefficient (Wildman–Crippen LogP) is 1.91. The van der Waals surface area contributed by atoms with Crippen LogP contribution in [0.3, 0.4) is 0 Å². The summed E-state index contributed by atoms with van der Waals surface area (Å²) < 4.78 is 26.0. The van der Waals surface area contributed by atoms with E-state index in [0.29, 0.717) is 5.69 Å². The van der Waals surface area contributed by atoms with Gasteiger partial charge in [0.25, 0.3) is 10.0 Å². The highest BCUT2D eigenvalue weighted by atomic mass is 35.5. The lowest BCUT2D eigenvalue weighted by Gasteiger charge is -2.05. The third-order valence-corrected chi connectivity index (χ3v) is 3.87. The summed E-state index contributed by atoms with van der Waals surface area (Å²) in [5, 5.41) is 6.22. The number of hydrogen-bond acceptors (Lipinski definition) is 4. The average molecular weight is 293 g/mol. The Kier molecular flexibility index (Phi) is 3.23. The minimum atomic E-state index is -3.74. The summed E-state index contributed by atoms with van der Waals surface area (Å²) in [5.74, 6) is 0. The molecule has 0 bridgehead atoms. The molecule has 0 fully saturated rings. The van der Waals surface area contributed by atoms with Crippen LogP contribution in [0.4, 0.5) is 5.69 Å². The van der Waals surface area contributed by atoms with Gasteiger partial charge in [-0.15, -0.1) is 0 Å². The molecule has 17 heavy (non-hydrogen) atoms. The quantitative estimate of drug-likeness (QED) is 0.846. The van der Waals surface area contributed by atoms with Gasteiger partial charge in [0.15, 0.2) is 0 Å². The number of hydrogen-bond donors (Lipinski definition) is 2. The minimum absolute atomic E-state index is 0.0499. The number of nitrogens with one attached hydrogen (secondary N) is 2. The predicted molar refractivity (Wildman–Crippen MR) is 63.7 cm³/mol. The number of H-pyrrole nitrogens is 1. The summed E-state index contributed by atoms with van der Waals surface area (Å²) in [5.41, 5.74) is 0.316. The molecule has 2 rings (SSSR count). The summed E-state index contributed by atoms with van der Waals surface area (Å²) in [6.45, 7) is 0. The van der Waals surface area contributed by atoms with Crippen LogP contribution in [0.1, 0.15) is 0 Å². The largest absolute Gasteiger partial charge is 0.284 e. The number of anilines is 1. The van der Waals surface area contributed by atoms with E-state index >= 15 is 0 Å². The Morgan fingerprint density at radius 3 is 2.65 bits per heavy atom. The molecule has 2 aromatic rings. The van der Waals surface area contributed by atoms with Gasteiger partial charge in [0.1, 0.15) is 10.0 Å². The molecule has 0 aliphatic heterocycles. The van der Waals surface area contributed by atoms with Gasteiger partial charge in [0, 0.05) is 12.4 Å². The second kappa shape index (κ2) is 4.52. The van der Waals surface area contributed by atoms with Crippen LogP contribution in [0.5, 0.6) is 0 Å². The van der Waals surface area contributed by atoms with E-state index in [1.807, 2.05) is 0 Å². The van der Waals surface area contributed by atoms with Crippen molar-refractivity contribution in [3.63, 3.8) is 0 Å². The molecule has 2 aromatic heterocycles. The fourth-order valence-corrected chi connectivity index (χ4v) is 2.41. The molecule has 2 heterocycles. The molecule has 0 amide bonds. The number of sulfonamides is 1. The highest BCUT2D eigenvalue weighted by Gasteiger charge is 2.16. The first-order valence-electron chi connectivity index (χ1n) is 4.32. The lowest BCUT2D eigenvalue weighted by atomic mass is 10.5. The normalized spacial score (nSPS) is 11.4. The van der Waals surface area contributed by atoms with Crippen molar-refractivity contribution in [3.05, 3.63) is 34.8 Å². The fraction of sp³-hybridized carbons (Fsp3) is 0. The molecule has 0 radical (unpaired) electrons. The lowest BCUT2D eigenvalue weighted by molar-refractivity contribution is 0.601. The molecule has 90 valence electrons. The molecule has 0 atom stereocenters. The second-order valence-corrected chi connectivity index (χ2v) is 5.48. The topological polar surface area (TPSA) is 87.7 Å². The molecule has 0 spiro atoms. The first kappa shape index (κ1) is 12.2. The molecule has 6 nitrogen and oxygen atoms in total. The van der Waals surface area contributed by atoms with Crippen LogP contribution in [0.25, 0.3) is 0 Å². The number of nitrogens with zero attached hydrogens (tertiary/aromatic N) is 2. The fourth-order valence-electron chi connectivity index (χ4n) is 1.07. The van der Waals surface area contributed by atoms with Crippen LogP contribution in [-0.2, 0) is 10.0 Å². The first-order valence-corrected chi connectivity index (χ1v) is 6.55. The van der Waals surface area contributed by atoms with E-state index < -0.39 is 10.0 Å². The molecule has 0 aromatic carbocycles. The number of aromatic nitrogens is 3. The molecule has 0 aliphatic carbocycles. The van der Waals surface area contributed by atoms with Gasteiger partial charge >= 0.3 is 0 Å². The van der Waals surface area contributed by atoms with Gasteiger partial charge in [-0.25, -0.2) is 13.4 Å². The van der Waals surface area contributed by atoms with E-state index in [2.05, 4.69) is 19.9 Å². The zero-order valence-corrected chi connectivity index (χ0v) is 10.5. The van der Waals surface area contributed by atoms with Crippen molar-refractivity contribution in [1.82, 2.24) is 15.2 Å². The Morgan fingerprint density at radius 1 is 1.29 bits per heavy atom. The summed E-state index contributed by atoms with van der Waals surface area (Å²) in [6, 6.07) is 1.22. The molecule has 0 saturated heterocycles. The van der Waals surface area contributed by atoms with Crippen molar-refractivity contribution >= 4 is 38.9 Å². The Balaban J connectivity index is 2.35. The van der Waals surface area contributed by atoms with Gasteiger partial charge in [-0.2, -0.15) is 5.10 Å². The lowest BCUT2D eigenvalue weighted by Crippen LogP contribution is -2.12. The first-order chi connectivity index (χ1) is 7.99. The van der Waals surface area contributed by atoms with Crippen molar-refractivity contribution in [2.24, 2.45) is 0 Å². The molecular formula is C8H6Cl2N4O2S. The maximum Gasteiger partial charge on any atom is 0.263 e. The van der Waals surface area contributed by atoms with Crippen molar-refractivity contribution in [2.45, 2.75) is 4.90 Å². The monoisotopic (exact) mass is 292 g/mol. The van der Waals surface area contributed by atoms with Crippen LogP contribution >= 0.6 is 23.2 Å². The van der Waals surface area contributed by atoms with Crippen LogP contribution in [0.2, 0.25) is 10.2 Å². The standard InChI is InChI=1S/C8H6Cl2N4O2S/c9-7-1-6(4-11-8(7)10)17(15,16)14-5-2-12-13-3-5/h1-4,14H,(H,12,13). The van der Waals surface area contributed by atoms with Gasteiger partial charge in [-0.1, -0.05) is 23.2 Å². The van der Waals surface area contributed by atoms with E-state index in [1.165, 1.54) is 18.5 Å². The van der Waals surface area contributed by atoms with Crippen LogP contribution in [0.15, 0.2) is 29.6 Å². The highest BCUT2D eigenvalue weighted by Crippen LogP contribution is 2.23. The van der Waals surface area contributed by atoms with Gasteiger partial charge in [0.2, 0.25) is 0 Å². The van der Waals surface area contributed by atoms with Crippen molar-refractivity contribution in [1.29, 1.82) is 0 Å². The summed E-state index contributed by atoms with van der Waals surface area (Å²) in [7, 11) is -3.74. The Hall–Kier alpha value is -1.31. The number of pyridine rings is 1. The average Bonchev–Trinajstić information content (AvgIpc) is 2.73. The van der Waals surface area contributed by atoms with Crippen molar-refractivity contribution in [3.8, 4) is 0 Å². The zero-order valence-electron chi connectivity index (χ0n) is 8.18. The summed E-state index contributed by atoms with van der Waals surface area (Å²) >= 11 is 11.3. The van der Waals surface area contributed by atoms with Crippen LogP contribution in [0, 0.1) is 0 Å². The van der Waals surface area contributed by atoms with Crippen LogP contribution < -0.4 is 4.72 Å². The zero-order chi connectivity index (χ0) is 12.5. The van der Waals surface area contributed by atoms with Gasteiger partial charge in [0.05, 0.1) is 16.9 Å². The van der Waals surface area contributed by atoms with Crippen molar-refractivity contribution < 1.29 is 8.42 Å². The van der Waals surface area contributed by atoms with E-state index in [1.54, 1.807) is 0 Å². The molecule has 9 heteroatoms. The van der Waals surface area contributed by atoms with Gasteiger partial charge in [-0.3, -0.25) is 9.82 Å². The second-order valence-electron chi connectivity index (χ2n) is 3.04. The molecule has 0 unspecified atom stereocenters. The Morgan fingerprint density at radius 2 is 2.06 bits per heavy atom. The summed E-state index contributed by atoms with van der Waals surface area (Å²) in [6.07, 6.45) is 3.86. The molecule has 0 aliphatic rings. The number of aromatic amines is 1.